The number of alkyl halides is 3. The van der Waals surface area contributed by atoms with Crippen molar-refractivity contribution in [3.63, 3.8) is 0 Å². The van der Waals surface area contributed by atoms with Crippen LogP contribution in [0.5, 0.6) is 0 Å². The van der Waals surface area contributed by atoms with Gasteiger partial charge < -0.3 is 10.1 Å². The maximum atomic E-state index is 13.6. The van der Waals surface area contributed by atoms with Gasteiger partial charge >= 0.3 is 12.1 Å². The molecule has 1 fully saturated rings. The predicted octanol–water partition coefficient (Wildman–Crippen LogP) is 4.68. The molecule has 186 valence electrons. The molecule has 9 heteroatoms. The topological polar surface area (TPSA) is 68.5 Å². The van der Waals surface area contributed by atoms with E-state index in [1.807, 2.05) is 37.3 Å². The quantitative estimate of drug-likeness (QED) is 0.378. The van der Waals surface area contributed by atoms with Crippen LogP contribution in [0.2, 0.25) is 0 Å². The lowest BCUT2D eigenvalue weighted by Gasteiger charge is -2.31. The van der Waals surface area contributed by atoms with Crippen LogP contribution in [-0.4, -0.2) is 40.3 Å². The van der Waals surface area contributed by atoms with Crippen molar-refractivity contribution in [2.24, 2.45) is 5.92 Å². The van der Waals surface area contributed by atoms with Gasteiger partial charge in [0.2, 0.25) is 0 Å². The standard InChI is InChI=1S/C27H25F3N4O2/c1-26(13-18-5-3-2-4-6-18,25(35)36-17-19-14-31-15-19)23-11-12-32-24-22(16-33-34(23)24)20-7-9-21(10-8-20)27(28,29)30/h2-12,16,19,31H,13-15,17H2,1H3. The number of hydrogen-bond donors (Lipinski definition) is 1. The monoisotopic (exact) mass is 494 g/mol. The van der Waals surface area contributed by atoms with E-state index in [0.717, 1.165) is 30.8 Å². The summed E-state index contributed by atoms with van der Waals surface area (Å²) in [5.41, 5.74) is 1.31. The van der Waals surface area contributed by atoms with E-state index in [9.17, 15) is 18.0 Å². The van der Waals surface area contributed by atoms with Crippen molar-refractivity contribution in [2.75, 3.05) is 19.7 Å². The van der Waals surface area contributed by atoms with Crippen molar-refractivity contribution in [1.82, 2.24) is 19.9 Å². The zero-order valence-electron chi connectivity index (χ0n) is 19.6. The van der Waals surface area contributed by atoms with Crippen molar-refractivity contribution >= 4 is 11.6 Å². The minimum atomic E-state index is -4.42. The van der Waals surface area contributed by atoms with Gasteiger partial charge in [-0.15, -0.1) is 0 Å². The first-order chi connectivity index (χ1) is 17.3. The molecule has 1 unspecified atom stereocenters. The Morgan fingerprint density at radius 2 is 1.81 bits per heavy atom. The Labute approximate surface area is 206 Å². The minimum Gasteiger partial charge on any atom is -0.465 e. The number of nitrogens with one attached hydrogen (secondary N) is 1. The molecule has 1 saturated heterocycles. The molecule has 0 radical (unpaired) electrons. The largest absolute Gasteiger partial charge is 0.465 e. The number of esters is 1. The summed E-state index contributed by atoms with van der Waals surface area (Å²) in [7, 11) is 0. The van der Waals surface area contributed by atoms with Gasteiger partial charge in [0, 0.05) is 30.8 Å². The fourth-order valence-electron chi connectivity index (χ4n) is 4.44. The zero-order valence-corrected chi connectivity index (χ0v) is 19.6. The summed E-state index contributed by atoms with van der Waals surface area (Å²) in [5.74, 6) is -0.0688. The number of benzene rings is 2. The van der Waals surface area contributed by atoms with Crippen LogP contribution in [0.25, 0.3) is 16.8 Å². The Morgan fingerprint density at radius 1 is 1.08 bits per heavy atom. The number of carbonyl (C=O) groups excluding carboxylic acids is 1. The Balaban J connectivity index is 1.54. The highest BCUT2D eigenvalue weighted by Crippen LogP contribution is 2.34. The number of carbonyl (C=O) groups is 1. The van der Waals surface area contributed by atoms with Crippen molar-refractivity contribution < 1.29 is 22.7 Å². The normalized spacial score (nSPS) is 15.9. The Kier molecular flexibility index (Phi) is 6.26. The molecular formula is C27H25F3N4O2. The molecule has 5 rings (SSSR count). The van der Waals surface area contributed by atoms with E-state index in [4.69, 9.17) is 4.74 Å². The van der Waals surface area contributed by atoms with E-state index in [2.05, 4.69) is 15.4 Å². The van der Waals surface area contributed by atoms with E-state index >= 15 is 0 Å². The molecule has 1 N–H and O–H groups in total. The molecule has 0 spiro atoms. The third kappa shape index (κ3) is 4.58. The summed E-state index contributed by atoms with van der Waals surface area (Å²) in [5, 5.41) is 7.67. The first kappa shape index (κ1) is 24.0. The van der Waals surface area contributed by atoms with E-state index in [1.54, 1.807) is 23.0 Å². The highest BCUT2D eigenvalue weighted by atomic mass is 19.4. The highest BCUT2D eigenvalue weighted by molar-refractivity contribution is 5.84. The van der Waals surface area contributed by atoms with Crippen LogP contribution in [0, 0.1) is 5.92 Å². The highest BCUT2D eigenvalue weighted by Gasteiger charge is 2.40. The van der Waals surface area contributed by atoms with E-state index in [0.29, 0.717) is 41.4 Å². The van der Waals surface area contributed by atoms with Crippen molar-refractivity contribution in [2.45, 2.75) is 24.9 Å². The summed E-state index contributed by atoms with van der Waals surface area (Å²) >= 11 is 0. The average Bonchev–Trinajstić information content (AvgIpc) is 3.27. The van der Waals surface area contributed by atoms with Crippen molar-refractivity contribution in [3.05, 3.63) is 89.9 Å². The van der Waals surface area contributed by atoms with E-state index < -0.39 is 17.2 Å². The lowest BCUT2D eigenvalue weighted by Crippen LogP contribution is -2.46. The van der Waals surface area contributed by atoms with E-state index in [1.165, 1.54) is 12.1 Å². The van der Waals surface area contributed by atoms with Crippen LogP contribution in [0.1, 0.15) is 23.7 Å². The molecule has 6 nitrogen and oxygen atoms in total. The molecule has 0 bridgehead atoms. The van der Waals surface area contributed by atoms with Crippen LogP contribution in [0.4, 0.5) is 13.2 Å². The Morgan fingerprint density at radius 3 is 2.44 bits per heavy atom. The smallest absolute Gasteiger partial charge is 0.416 e. The van der Waals surface area contributed by atoms with Crippen LogP contribution in [0.15, 0.2) is 73.1 Å². The first-order valence-electron chi connectivity index (χ1n) is 11.7. The number of rotatable bonds is 7. The maximum absolute atomic E-state index is 13.6. The maximum Gasteiger partial charge on any atom is 0.416 e. The van der Waals surface area contributed by atoms with Gasteiger partial charge in [-0.3, -0.25) is 4.79 Å². The third-order valence-corrected chi connectivity index (χ3v) is 6.66. The van der Waals surface area contributed by atoms with Crippen LogP contribution in [-0.2, 0) is 27.5 Å². The fraction of sp³-hybridized carbons (Fsp3) is 0.296. The Bertz CT molecular complexity index is 1370. The van der Waals surface area contributed by atoms with Crippen molar-refractivity contribution in [3.8, 4) is 11.1 Å². The van der Waals surface area contributed by atoms with Gasteiger partial charge in [0.25, 0.3) is 0 Å². The molecule has 1 atom stereocenters. The van der Waals surface area contributed by atoms with Gasteiger partial charge in [0.1, 0.15) is 5.41 Å². The second-order valence-corrected chi connectivity index (χ2v) is 9.32. The molecule has 0 aliphatic carbocycles. The summed E-state index contributed by atoms with van der Waals surface area (Å²) in [6, 6.07) is 16.3. The minimum absolute atomic E-state index is 0.295. The predicted molar refractivity (Wildman–Crippen MR) is 128 cm³/mol. The molecule has 0 saturated carbocycles. The molecule has 0 amide bonds. The third-order valence-electron chi connectivity index (χ3n) is 6.66. The van der Waals surface area contributed by atoms with Crippen LogP contribution >= 0.6 is 0 Å². The van der Waals surface area contributed by atoms with E-state index in [-0.39, 0.29) is 5.97 Å². The lowest BCUT2D eigenvalue weighted by atomic mass is 9.80. The first-order valence-corrected chi connectivity index (χ1v) is 11.7. The number of fused-ring (bicyclic) bond motifs is 1. The fourth-order valence-corrected chi connectivity index (χ4v) is 4.44. The SMILES string of the molecule is CC(Cc1ccccc1)(C(=O)OCC1CNC1)c1ccnc2c(-c3ccc(C(F)(F)F)cc3)cnn12. The Hall–Kier alpha value is -3.72. The zero-order chi connectivity index (χ0) is 25.3. The molecular weight excluding hydrogens is 469 g/mol. The molecule has 2 aromatic carbocycles. The summed E-state index contributed by atoms with van der Waals surface area (Å²) in [4.78, 5) is 18.0. The molecule has 1 aliphatic rings. The summed E-state index contributed by atoms with van der Waals surface area (Å²) in [6.45, 7) is 3.80. The van der Waals surface area contributed by atoms with Gasteiger partial charge in [-0.25, -0.2) is 9.50 Å². The molecule has 1 aliphatic heterocycles. The number of aromatic nitrogens is 3. The molecule has 2 aromatic heterocycles. The summed E-state index contributed by atoms with van der Waals surface area (Å²) in [6.07, 6.45) is -0.889. The lowest BCUT2D eigenvalue weighted by molar-refractivity contribution is -0.152. The second kappa shape index (κ2) is 9.39. The van der Waals surface area contributed by atoms with Gasteiger partial charge in [-0.05, 0) is 42.7 Å². The van der Waals surface area contributed by atoms with Gasteiger partial charge in [0.05, 0.1) is 24.1 Å². The van der Waals surface area contributed by atoms with Gasteiger partial charge in [-0.2, -0.15) is 18.3 Å². The summed E-state index contributed by atoms with van der Waals surface area (Å²) < 4.78 is 46.4. The van der Waals surface area contributed by atoms with Crippen LogP contribution in [0.3, 0.4) is 0 Å². The average molecular weight is 495 g/mol. The van der Waals surface area contributed by atoms with Crippen LogP contribution < -0.4 is 5.32 Å². The molecule has 3 heterocycles. The molecule has 4 aromatic rings. The second-order valence-electron chi connectivity index (χ2n) is 9.32. The number of halogens is 3. The van der Waals surface area contributed by atoms with Crippen molar-refractivity contribution in [1.29, 1.82) is 0 Å². The van der Waals surface area contributed by atoms with Gasteiger partial charge in [0.15, 0.2) is 5.65 Å². The van der Waals surface area contributed by atoms with Gasteiger partial charge in [-0.1, -0.05) is 42.5 Å². The number of nitrogens with zero attached hydrogens (tertiary/aromatic N) is 3. The number of hydrogen-bond acceptors (Lipinski definition) is 5. The number of ether oxygens (including phenoxy) is 1. The molecule has 36 heavy (non-hydrogen) atoms.